The fourth-order valence-corrected chi connectivity index (χ4v) is 1.61. The molecule has 0 saturated carbocycles. The number of nitro groups is 1. The molecule has 0 aliphatic heterocycles. The van der Waals surface area contributed by atoms with Crippen molar-refractivity contribution >= 4 is 17.6 Å². The normalized spacial score (nSPS) is 9.55. The molecule has 1 aromatic carbocycles. The first-order valence-electron chi connectivity index (χ1n) is 6.35. The van der Waals surface area contributed by atoms with E-state index in [2.05, 4.69) is 4.74 Å². The second-order valence-corrected chi connectivity index (χ2v) is 4.06. The average molecular weight is 309 g/mol. The first-order valence-corrected chi connectivity index (χ1v) is 6.35. The zero-order chi connectivity index (χ0) is 16.5. The van der Waals surface area contributed by atoms with Crippen molar-refractivity contribution in [1.29, 1.82) is 0 Å². The predicted molar refractivity (Wildman–Crippen MR) is 75.1 cm³/mol. The Morgan fingerprint density at radius 1 is 1.41 bits per heavy atom. The molecular formula is C14H15NO7. The van der Waals surface area contributed by atoms with Crippen molar-refractivity contribution in [2.45, 2.75) is 13.3 Å². The van der Waals surface area contributed by atoms with Crippen molar-refractivity contribution in [2.24, 2.45) is 0 Å². The third-order valence-electron chi connectivity index (χ3n) is 2.60. The van der Waals surface area contributed by atoms with Crippen LogP contribution in [0.3, 0.4) is 0 Å². The van der Waals surface area contributed by atoms with Crippen LogP contribution in [-0.4, -0.2) is 37.2 Å². The number of rotatable bonds is 8. The number of carbonyl (C=O) groups is 1. The molecule has 118 valence electrons. The van der Waals surface area contributed by atoms with E-state index in [0.717, 1.165) is 0 Å². The molecule has 0 aliphatic carbocycles. The Kier molecular flexibility index (Phi) is 6.59. The zero-order valence-corrected chi connectivity index (χ0v) is 12.2. The quantitative estimate of drug-likeness (QED) is 0.235. The Balaban J connectivity index is 2.93. The number of nitrogens with zero attached hydrogens (tertiary/aromatic N) is 1. The van der Waals surface area contributed by atoms with E-state index in [-0.39, 0.29) is 30.2 Å². The molecule has 0 fully saturated rings. The number of methoxy groups -OCH3 is 1. The molecule has 0 amide bonds. The lowest BCUT2D eigenvalue weighted by Gasteiger charge is -2.08. The second kappa shape index (κ2) is 8.43. The van der Waals surface area contributed by atoms with Crippen LogP contribution < -0.4 is 4.74 Å². The van der Waals surface area contributed by atoms with E-state index in [1.165, 1.54) is 25.3 Å². The molecule has 1 rings (SSSR count). The van der Waals surface area contributed by atoms with Crippen LogP contribution >= 0.6 is 0 Å². The van der Waals surface area contributed by atoms with Gasteiger partial charge in [-0.25, -0.2) is 9.59 Å². The molecule has 0 heterocycles. The van der Waals surface area contributed by atoms with Crippen molar-refractivity contribution in [2.75, 3.05) is 20.3 Å². The maximum atomic E-state index is 11.2. The van der Waals surface area contributed by atoms with Gasteiger partial charge in [0.05, 0.1) is 18.6 Å². The van der Waals surface area contributed by atoms with Crippen LogP contribution in [0, 0.1) is 10.1 Å². The molecule has 22 heavy (non-hydrogen) atoms. The SMILES string of the molecule is CCOC(=O)COc1ccc(CC(=C=O)OC)cc1[N+](=O)[O-]. The van der Waals surface area contributed by atoms with Crippen molar-refractivity contribution in [3.8, 4) is 5.75 Å². The summed E-state index contributed by atoms with van der Waals surface area (Å²) in [5, 5.41) is 11.1. The van der Waals surface area contributed by atoms with Gasteiger partial charge in [-0.2, -0.15) is 0 Å². The number of hydrogen-bond acceptors (Lipinski definition) is 7. The third-order valence-corrected chi connectivity index (χ3v) is 2.60. The lowest BCUT2D eigenvalue weighted by molar-refractivity contribution is -0.385. The maximum Gasteiger partial charge on any atom is 0.344 e. The molecule has 0 N–H and O–H groups in total. The first kappa shape index (κ1) is 17.2. The number of esters is 1. The number of allylic oxidation sites excluding steroid dienone is 1. The number of benzene rings is 1. The summed E-state index contributed by atoms with van der Waals surface area (Å²) in [7, 11) is 1.31. The number of ether oxygens (including phenoxy) is 3. The molecule has 0 radical (unpaired) electrons. The third kappa shape index (κ3) is 4.92. The van der Waals surface area contributed by atoms with Gasteiger partial charge in [-0.05, 0) is 18.6 Å². The van der Waals surface area contributed by atoms with Gasteiger partial charge < -0.3 is 14.2 Å². The molecule has 0 unspecified atom stereocenters. The van der Waals surface area contributed by atoms with Gasteiger partial charge in [-0.1, -0.05) is 6.07 Å². The van der Waals surface area contributed by atoms with E-state index in [4.69, 9.17) is 9.47 Å². The van der Waals surface area contributed by atoms with E-state index in [1.807, 2.05) is 0 Å². The Morgan fingerprint density at radius 3 is 2.68 bits per heavy atom. The van der Waals surface area contributed by atoms with E-state index < -0.39 is 17.5 Å². The monoisotopic (exact) mass is 309 g/mol. The highest BCUT2D eigenvalue weighted by Gasteiger charge is 2.18. The number of nitro benzene ring substituents is 1. The van der Waals surface area contributed by atoms with E-state index in [1.54, 1.807) is 12.9 Å². The van der Waals surface area contributed by atoms with Crippen LogP contribution in [0.5, 0.6) is 5.75 Å². The number of hydrogen-bond donors (Lipinski definition) is 0. The van der Waals surface area contributed by atoms with Crippen molar-refractivity contribution in [1.82, 2.24) is 0 Å². The van der Waals surface area contributed by atoms with Gasteiger partial charge in [-0.3, -0.25) is 10.1 Å². The molecule has 0 spiro atoms. The topological polar surface area (TPSA) is 105 Å². The minimum absolute atomic E-state index is 0.0227. The summed E-state index contributed by atoms with van der Waals surface area (Å²) in [5.41, 5.74) is 0.165. The molecule has 0 bridgehead atoms. The Hall–Kier alpha value is -2.86. The van der Waals surface area contributed by atoms with Crippen molar-refractivity contribution in [3.63, 3.8) is 0 Å². The maximum absolute atomic E-state index is 11.2. The lowest BCUT2D eigenvalue weighted by atomic mass is 10.1. The molecule has 8 nitrogen and oxygen atoms in total. The molecule has 8 heteroatoms. The van der Waals surface area contributed by atoms with Crippen LogP contribution in [0.4, 0.5) is 5.69 Å². The van der Waals surface area contributed by atoms with Gasteiger partial charge in [0.2, 0.25) is 0 Å². The van der Waals surface area contributed by atoms with Gasteiger partial charge >= 0.3 is 11.7 Å². The Morgan fingerprint density at radius 2 is 2.14 bits per heavy atom. The minimum atomic E-state index is -0.638. The highest BCUT2D eigenvalue weighted by Crippen LogP contribution is 2.28. The summed E-state index contributed by atoms with van der Waals surface area (Å²) in [4.78, 5) is 32.2. The molecule has 0 atom stereocenters. The highest BCUT2D eigenvalue weighted by molar-refractivity contribution is 5.71. The van der Waals surface area contributed by atoms with Crippen molar-refractivity contribution < 1.29 is 28.7 Å². The van der Waals surface area contributed by atoms with Gasteiger partial charge in [-0.15, -0.1) is 0 Å². The van der Waals surface area contributed by atoms with Gasteiger partial charge in [0.1, 0.15) is 0 Å². The van der Waals surface area contributed by atoms with E-state index in [0.29, 0.717) is 5.56 Å². The van der Waals surface area contributed by atoms with Crippen LogP contribution in [0.15, 0.2) is 24.0 Å². The molecule has 1 aromatic rings. The lowest BCUT2D eigenvalue weighted by Crippen LogP contribution is -2.15. The standard InChI is InChI=1S/C14H15NO7/c1-3-21-14(17)9-22-13-5-4-10(6-11(8-16)20-2)7-12(13)15(18)19/h4-5,7H,3,6,9H2,1-2H3. The smallest absolute Gasteiger partial charge is 0.344 e. The molecule has 0 aromatic heterocycles. The zero-order valence-electron chi connectivity index (χ0n) is 12.2. The average Bonchev–Trinajstić information content (AvgIpc) is 2.51. The van der Waals surface area contributed by atoms with Crippen molar-refractivity contribution in [3.05, 3.63) is 39.6 Å². The Bertz CT molecular complexity index is 605. The molecule has 0 aliphatic rings. The van der Waals surface area contributed by atoms with Gasteiger partial charge in [0.25, 0.3) is 0 Å². The molecular weight excluding hydrogens is 294 g/mol. The summed E-state index contributed by atoms with van der Waals surface area (Å²) in [5.74, 6) is 0.944. The molecule has 0 saturated heterocycles. The summed E-state index contributed by atoms with van der Waals surface area (Å²) >= 11 is 0. The summed E-state index contributed by atoms with van der Waals surface area (Å²) in [6, 6.07) is 4.13. The largest absolute Gasteiger partial charge is 0.489 e. The fourth-order valence-electron chi connectivity index (χ4n) is 1.61. The van der Waals surface area contributed by atoms with Crippen LogP contribution in [0.2, 0.25) is 0 Å². The summed E-state index contributed by atoms with van der Waals surface area (Å²) in [6.07, 6.45) is 0.0684. The Labute approximate surface area is 126 Å². The van der Waals surface area contributed by atoms with E-state index in [9.17, 15) is 19.7 Å². The minimum Gasteiger partial charge on any atom is -0.489 e. The first-order chi connectivity index (χ1) is 10.5. The van der Waals surface area contributed by atoms with Gasteiger partial charge in [0, 0.05) is 12.5 Å². The van der Waals surface area contributed by atoms with E-state index >= 15 is 0 Å². The van der Waals surface area contributed by atoms with Crippen LogP contribution in [0.1, 0.15) is 12.5 Å². The summed E-state index contributed by atoms with van der Waals surface area (Å²) < 4.78 is 14.5. The number of carbonyl (C=O) groups excluding carboxylic acids is 2. The second-order valence-electron chi connectivity index (χ2n) is 4.06. The predicted octanol–water partition coefficient (Wildman–Crippen LogP) is 1.44. The highest BCUT2D eigenvalue weighted by atomic mass is 16.6. The fraction of sp³-hybridized carbons (Fsp3) is 0.357. The van der Waals surface area contributed by atoms with Gasteiger partial charge in [0.15, 0.2) is 24.1 Å². The van der Waals surface area contributed by atoms with Crippen LogP contribution in [0.25, 0.3) is 0 Å². The summed E-state index contributed by atoms with van der Waals surface area (Å²) in [6.45, 7) is 1.41. The van der Waals surface area contributed by atoms with Crippen LogP contribution in [-0.2, 0) is 25.5 Å².